The molecule has 176 valence electrons. The normalized spacial score (nSPS) is 38.5. The lowest BCUT2D eigenvalue weighted by atomic mass is 9.61. The first kappa shape index (κ1) is 24.7. The van der Waals surface area contributed by atoms with Crippen LogP contribution in [0.3, 0.4) is 0 Å². The number of aliphatic hydroxyl groups excluding tert-OH is 3. The number of allylic oxidation sites excluding steroid dienone is 3. The summed E-state index contributed by atoms with van der Waals surface area (Å²) in [5.41, 5.74) is 3.65. The number of rotatable bonds is 8. The van der Waals surface area contributed by atoms with Crippen molar-refractivity contribution in [3.63, 3.8) is 0 Å². The average molecular weight is 433 g/mol. The summed E-state index contributed by atoms with van der Waals surface area (Å²) >= 11 is 0. The predicted octanol–water partition coefficient (Wildman–Crippen LogP) is 4.94. The molecule has 3 rings (SSSR count). The lowest BCUT2D eigenvalue weighted by Crippen LogP contribution is -2.36. The molecule has 0 bridgehead atoms. The summed E-state index contributed by atoms with van der Waals surface area (Å²) in [5, 5.41) is 29.5. The van der Waals surface area contributed by atoms with Gasteiger partial charge in [0.15, 0.2) is 0 Å². The fourth-order valence-corrected chi connectivity index (χ4v) is 6.60. The second-order valence-electron chi connectivity index (χ2n) is 10.5. The lowest BCUT2D eigenvalue weighted by molar-refractivity contribution is -0.00289. The van der Waals surface area contributed by atoms with Gasteiger partial charge in [-0.25, -0.2) is 0 Å². The third-order valence-electron chi connectivity index (χ3n) is 8.57. The van der Waals surface area contributed by atoms with E-state index in [1.54, 1.807) is 5.57 Å². The Morgan fingerprint density at radius 3 is 2.74 bits per heavy atom. The van der Waals surface area contributed by atoms with Crippen LogP contribution in [0.2, 0.25) is 0 Å². The summed E-state index contributed by atoms with van der Waals surface area (Å²) in [4.78, 5) is 0. The molecule has 0 aromatic heterocycles. The summed E-state index contributed by atoms with van der Waals surface area (Å²) in [7, 11) is 0. The molecule has 0 aromatic rings. The zero-order valence-electron chi connectivity index (χ0n) is 19.9. The van der Waals surface area contributed by atoms with E-state index in [0.29, 0.717) is 36.0 Å². The highest BCUT2D eigenvalue weighted by atomic mass is 16.5. The maximum atomic E-state index is 10.1. The molecule has 3 N–H and O–H groups in total. The highest BCUT2D eigenvalue weighted by Gasteiger charge is 2.50. The van der Waals surface area contributed by atoms with E-state index in [-0.39, 0.29) is 12.7 Å². The molecule has 0 aromatic carbocycles. The molecule has 4 heteroatoms. The van der Waals surface area contributed by atoms with Gasteiger partial charge in [-0.2, -0.15) is 0 Å². The zero-order chi connectivity index (χ0) is 22.6. The van der Waals surface area contributed by atoms with Crippen LogP contribution >= 0.6 is 0 Å². The molecule has 0 saturated heterocycles. The van der Waals surface area contributed by atoms with Gasteiger partial charge < -0.3 is 20.1 Å². The van der Waals surface area contributed by atoms with Gasteiger partial charge in [-0.3, -0.25) is 0 Å². The van der Waals surface area contributed by atoms with E-state index in [1.807, 2.05) is 0 Å². The Labute approximate surface area is 189 Å². The summed E-state index contributed by atoms with van der Waals surface area (Å²) in [6, 6.07) is 0. The highest BCUT2D eigenvalue weighted by molar-refractivity contribution is 5.38. The number of hydrogen-bond acceptors (Lipinski definition) is 4. The Bertz CT molecular complexity index is 677. The van der Waals surface area contributed by atoms with Gasteiger partial charge in [-0.1, -0.05) is 45.1 Å². The van der Waals surface area contributed by atoms with Crippen LogP contribution < -0.4 is 0 Å². The molecule has 0 amide bonds. The molecular formula is C27H44O4. The molecule has 3 fully saturated rings. The first-order valence-corrected chi connectivity index (χ1v) is 12.5. The molecule has 4 nitrogen and oxygen atoms in total. The van der Waals surface area contributed by atoms with Crippen molar-refractivity contribution in [1.82, 2.24) is 0 Å². The standard InChI is InChI=1S/C27H44O4/c1-5-23(17-28)31-14-12-18(2)24-10-11-25-20(7-6-13-27(24,25)4)8-9-21-15-22(29)16-26(30)19(21)3/h8-9,18,22-26,28-30H,3,5-7,10-17H2,1-2,4H3/b20-8?,21-9-/t18-,22-,23?,24-,25?,26-,27-/m1/s1. The van der Waals surface area contributed by atoms with Crippen LogP contribution in [0.5, 0.6) is 0 Å². The van der Waals surface area contributed by atoms with E-state index in [1.165, 1.54) is 25.7 Å². The summed E-state index contributed by atoms with van der Waals surface area (Å²) in [6.45, 7) is 11.8. The van der Waals surface area contributed by atoms with Gasteiger partial charge in [0.1, 0.15) is 0 Å². The molecule has 31 heavy (non-hydrogen) atoms. The van der Waals surface area contributed by atoms with E-state index in [0.717, 1.165) is 37.0 Å². The Hall–Kier alpha value is -0.940. The van der Waals surface area contributed by atoms with Gasteiger partial charge in [0.05, 0.1) is 24.9 Å². The van der Waals surface area contributed by atoms with Gasteiger partial charge in [-0.05, 0) is 85.7 Å². The van der Waals surface area contributed by atoms with E-state index in [2.05, 4.69) is 39.5 Å². The first-order valence-electron chi connectivity index (χ1n) is 12.5. The van der Waals surface area contributed by atoms with E-state index in [9.17, 15) is 15.3 Å². The molecule has 3 saturated carbocycles. The Morgan fingerprint density at radius 2 is 2.03 bits per heavy atom. The third-order valence-corrected chi connectivity index (χ3v) is 8.57. The number of ether oxygens (including phenoxy) is 1. The van der Waals surface area contributed by atoms with Crippen molar-refractivity contribution in [2.24, 2.45) is 23.2 Å². The van der Waals surface area contributed by atoms with Crippen LogP contribution in [0.25, 0.3) is 0 Å². The Balaban J connectivity index is 1.67. The molecule has 7 atom stereocenters. The maximum Gasteiger partial charge on any atom is 0.0811 e. The minimum absolute atomic E-state index is 0.0251. The second kappa shape index (κ2) is 10.8. The molecular weight excluding hydrogens is 388 g/mol. The van der Waals surface area contributed by atoms with Crippen LogP contribution in [0, 0.1) is 23.2 Å². The molecule has 0 radical (unpaired) electrons. The first-order chi connectivity index (χ1) is 14.8. The largest absolute Gasteiger partial charge is 0.394 e. The van der Waals surface area contributed by atoms with E-state index >= 15 is 0 Å². The fourth-order valence-electron chi connectivity index (χ4n) is 6.60. The quantitative estimate of drug-likeness (QED) is 0.508. The molecule has 0 aliphatic heterocycles. The second-order valence-corrected chi connectivity index (χ2v) is 10.5. The van der Waals surface area contributed by atoms with Crippen LogP contribution in [0.1, 0.15) is 78.6 Å². The Kier molecular flexibility index (Phi) is 8.59. The highest BCUT2D eigenvalue weighted by Crippen LogP contribution is 2.59. The topological polar surface area (TPSA) is 69.9 Å². The number of hydrogen-bond donors (Lipinski definition) is 3. The molecule has 2 unspecified atom stereocenters. The lowest BCUT2D eigenvalue weighted by Gasteiger charge is -2.44. The van der Waals surface area contributed by atoms with E-state index < -0.39 is 12.2 Å². The molecule has 3 aliphatic carbocycles. The van der Waals surface area contributed by atoms with Gasteiger partial charge in [0.25, 0.3) is 0 Å². The minimum atomic E-state index is -0.623. The fraction of sp³-hybridized carbons (Fsp3) is 0.778. The third kappa shape index (κ3) is 5.52. The van der Waals surface area contributed by atoms with Crippen LogP contribution in [0.15, 0.2) is 35.5 Å². The SMILES string of the molecule is C=C1/C(=C\C=C2CCC[C@@]3(C)C2CC[C@@H]3[C@H](C)CCOC(CC)CO)C[C@@H](O)C[C@H]1O. The molecule has 3 aliphatic rings. The minimum Gasteiger partial charge on any atom is -0.394 e. The number of aliphatic hydroxyl groups is 3. The van der Waals surface area contributed by atoms with Crippen molar-refractivity contribution >= 4 is 0 Å². The van der Waals surface area contributed by atoms with Crippen LogP contribution in [-0.2, 0) is 4.74 Å². The van der Waals surface area contributed by atoms with Crippen molar-refractivity contribution in [2.75, 3.05) is 13.2 Å². The maximum absolute atomic E-state index is 10.1. The summed E-state index contributed by atoms with van der Waals surface area (Å²) < 4.78 is 5.88. The molecule has 0 heterocycles. The van der Waals surface area contributed by atoms with Crippen molar-refractivity contribution in [2.45, 2.75) is 96.9 Å². The van der Waals surface area contributed by atoms with Crippen molar-refractivity contribution in [3.8, 4) is 0 Å². The van der Waals surface area contributed by atoms with Gasteiger partial charge in [-0.15, -0.1) is 0 Å². The van der Waals surface area contributed by atoms with Gasteiger partial charge >= 0.3 is 0 Å². The van der Waals surface area contributed by atoms with Crippen molar-refractivity contribution in [3.05, 3.63) is 35.5 Å². The Morgan fingerprint density at radius 1 is 1.26 bits per heavy atom. The number of fused-ring (bicyclic) bond motifs is 1. The predicted molar refractivity (Wildman–Crippen MR) is 126 cm³/mol. The van der Waals surface area contributed by atoms with Gasteiger partial charge in [0.2, 0.25) is 0 Å². The molecule has 0 spiro atoms. The van der Waals surface area contributed by atoms with Crippen molar-refractivity contribution in [1.29, 1.82) is 0 Å². The monoisotopic (exact) mass is 432 g/mol. The summed E-state index contributed by atoms with van der Waals surface area (Å²) in [6.07, 6.45) is 12.4. The smallest absolute Gasteiger partial charge is 0.0811 e. The average Bonchev–Trinajstić information content (AvgIpc) is 3.10. The van der Waals surface area contributed by atoms with Crippen LogP contribution in [0.4, 0.5) is 0 Å². The van der Waals surface area contributed by atoms with E-state index in [4.69, 9.17) is 4.74 Å². The summed E-state index contributed by atoms with van der Waals surface area (Å²) in [5.74, 6) is 1.95. The van der Waals surface area contributed by atoms with Crippen molar-refractivity contribution < 1.29 is 20.1 Å². The van der Waals surface area contributed by atoms with Crippen LogP contribution in [-0.4, -0.2) is 46.8 Å². The zero-order valence-corrected chi connectivity index (χ0v) is 19.9. The van der Waals surface area contributed by atoms with Gasteiger partial charge in [0, 0.05) is 13.0 Å².